The number of aromatic carboxylic acids is 1. The Morgan fingerprint density at radius 1 is 1.38 bits per heavy atom. The summed E-state index contributed by atoms with van der Waals surface area (Å²) >= 11 is 1.47. The quantitative estimate of drug-likeness (QED) is 0.884. The van der Waals surface area contributed by atoms with E-state index < -0.39 is 11.5 Å². The molecule has 2 rings (SSSR count). The lowest BCUT2D eigenvalue weighted by molar-refractivity contribution is 0.0690. The van der Waals surface area contributed by atoms with Crippen molar-refractivity contribution in [3.05, 3.63) is 46.2 Å². The van der Waals surface area contributed by atoms with E-state index in [2.05, 4.69) is 15.3 Å². The molecule has 0 aliphatic carbocycles. The van der Waals surface area contributed by atoms with Crippen LogP contribution >= 0.6 is 11.3 Å². The molecule has 110 valence electrons. The van der Waals surface area contributed by atoms with Crippen LogP contribution in [0, 0.1) is 0 Å². The van der Waals surface area contributed by atoms with E-state index in [0.717, 1.165) is 5.01 Å². The molecule has 6 nitrogen and oxygen atoms in total. The molecule has 0 fully saturated rings. The fraction of sp³-hybridized carbons (Fsp3) is 0.286. The second-order valence-electron chi connectivity index (χ2n) is 4.71. The molecule has 0 bridgehead atoms. The highest BCUT2D eigenvalue weighted by Gasteiger charge is 2.29. The lowest BCUT2D eigenvalue weighted by Gasteiger charge is -2.27. The van der Waals surface area contributed by atoms with Crippen LogP contribution in [0.3, 0.4) is 0 Å². The van der Waals surface area contributed by atoms with Gasteiger partial charge in [0.1, 0.15) is 10.7 Å². The first kappa shape index (κ1) is 15.1. The number of nitrogens with zero attached hydrogens (tertiary/aromatic N) is 2. The molecule has 21 heavy (non-hydrogen) atoms. The van der Waals surface area contributed by atoms with Crippen molar-refractivity contribution in [2.24, 2.45) is 0 Å². The number of aromatic nitrogens is 2. The Kier molecular flexibility index (Phi) is 4.32. The first-order chi connectivity index (χ1) is 9.96. The number of thiazole rings is 1. The average Bonchev–Trinajstić information content (AvgIpc) is 3.02. The van der Waals surface area contributed by atoms with Crippen molar-refractivity contribution in [2.45, 2.75) is 25.8 Å². The summed E-state index contributed by atoms with van der Waals surface area (Å²) in [6, 6.07) is 2.75. The summed E-state index contributed by atoms with van der Waals surface area (Å²) in [6.45, 7) is 3.85. The summed E-state index contributed by atoms with van der Waals surface area (Å²) in [6.07, 6.45) is 3.67. The zero-order valence-corrected chi connectivity index (χ0v) is 12.5. The molecule has 2 aromatic rings. The van der Waals surface area contributed by atoms with Crippen molar-refractivity contribution in [3.63, 3.8) is 0 Å². The normalized spacial score (nSPS) is 13.4. The van der Waals surface area contributed by atoms with Crippen molar-refractivity contribution in [3.8, 4) is 0 Å². The van der Waals surface area contributed by atoms with E-state index in [0.29, 0.717) is 6.42 Å². The Balaban J connectivity index is 2.24. The Morgan fingerprint density at radius 3 is 2.71 bits per heavy atom. The van der Waals surface area contributed by atoms with Crippen LogP contribution in [0.2, 0.25) is 0 Å². The van der Waals surface area contributed by atoms with Gasteiger partial charge >= 0.3 is 5.97 Å². The highest BCUT2D eigenvalue weighted by Crippen LogP contribution is 2.26. The number of carbonyl (C=O) groups is 2. The molecule has 1 atom stereocenters. The van der Waals surface area contributed by atoms with Gasteiger partial charge in [-0.25, -0.2) is 14.8 Å². The zero-order chi connectivity index (χ0) is 15.5. The van der Waals surface area contributed by atoms with Crippen molar-refractivity contribution in [2.75, 3.05) is 0 Å². The maximum atomic E-state index is 12.3. The molecule has 0 aliphatic heterocycles. The SMILES string of the molecule is CCC(C)(NC(=O)c1ccnc(C(=O)O)c1)c1nccs1. The van der Waals surface area contributed by atoms with Gasteiger partial charge in [0.15, 0.2) is 0 Å². The van der Waals surface area contributed by atoms with E-state index in [1.165, 1.54) is 29.7 Å². The molecule has 2 heterocycles. The number of nitrogens with one attached hydrogen (secondary N) is 1. The van der Waals surface area contributed by atoms with Gasteiger partial charge in [-0.05, 0) is 25.5 Å². The summed E-state index contributed by atoms with van der Waals surface area (Å²) in [5.41, 5.74) is -0.480. The van der Waals surface area contributed by atoms with Gasteiger partial charge in [0, 0.05) is 23.3 Å². The van der Waals surface area contributed by atoms with Gasteiger partial charge in [0.2, 0.25) is 0 Å². The lowest BCUT2D eigenvalue weighted by atomic mass is 9.99. The van der Waals surface area contributed by atoms with Gasteiger partial charge in [-0.15, -0.1) is 11.3 Å². The predicted molar refractivity (Wildman–Crippen MR) is 78.4 cm³/mol. The predicted octanol–water partition coefficient (Wildman–Crippen LogP) is 2.29. The van der Waals surface area contributed by atoms with Crippen molar-refractivity contribution < 1.29 is 14.7 Å². The second-order valence-corrected chi connectivity index (χ2v) is 5.61. The standard InChI is InChI=1S/C14H15N3O3S/c1-3-14(2,13-16-6-7-21-13)17-11(18)9-4-5-15-10(8-9)12(19)20/h4-8H,3H2,1-2H3,(H,17,18)(H,19,20). The number of carbonyl (C=O) groups excluding carboxylic acids is 1. The molecular formula is C14H15N3O3S. The van der Waals surface area contributed by atoms with E-state index in [1.807, 2.05) is 19.2 Å². The average molecular weight is 305 g/mol. The van der Waals surface area contributed by atoms with Crippen LogP contribution in [0.25, 0.3) is 0 Å². The van der Waals surface area contributed by atoms with Gasteiger partial charge < -0.3 is 10.4 Å². The van der Waals surface area contributed by atoms with E-state index in [4.69, 9.17) is 5.11 Å². The van der Waals surface area contributed by atoms with Crippen molar-refractivity contribution in [1.82, 2.24) is 15.3 Å². The zero-order valence-electron chi connectivity index (χ0n) is 11.7. The Hall–Kier alpha value is -2.28. The van der Waals surface area contributed by atoms with Gasteiger partial charge in [0.05, 0.1) is 5.54 Å². The maximum Gasteiger partial charge on any atom is 0.354 e. The van der Waals surface area contributed by atoms with Crippen LogP contribution in [0.5, 0.6) is 0 Å². The van der Waals surface area contributed by atoms with Gasteiger partial charge in [-0.1, -0.05) is 6.92 Å². The minimum Gasteiger partial charge on any atom is -0.477 e. The highest BCUT2D eigenvalue weighted by atomic mass is 32.1. The van der Waals surface area contributed by atoms with Crippen LogP contribution in [-0.2, 0) is 5.54 Å². The van der Waals surface area contributed by atoms with E-state index in [-0.39, 0.29) is 17.2 Å². The maximum absolute atomic E-state index is 12.3. The monoisotopic (exact) mass is 305 g/mol. The van der Waals surface area contributed by atoms with Crippen LogP contribution in [0.1, 0.15) is 46.1 Å². The smallest absolute Gasteiger partial charge is 0.354 e. The fourth-order valence-electron chi connectivity index (χ4n) is 1.80. The third-order valence-electron chi connectivity index (χ3n) is 3.24. The van der Waals surface area contributed by atoms with Crippen LogP contribution < -0.4 is 5.32 Å². The van der Waals surface area contributed by atoms with Crippen LogP contribution in [0.4, 0.5) is 0 Å². The number of amides is 1. The molecule has 7 heteroatoms. The van der Waals surface area contributed by atoms with Crippen molar-refractivity contribution >= 4 is 23.2 Å². The number of hydrogen-bond acceptors (Lipinski definition) is 5. The lowest BCUT2D eigenvalue weighted by Crippen LogP contribution is -2.43. The number of rotatable bonds is 5. The molecule has 1 unspecified atom stereocenters. The molecule has 0 aliphatic rings. The number of carboxylic acid groups (broad SMARTS) is 1. The second kappa shape index (κ2) is 6.01. The topological polar surface area (TPSA) is 92.2 Å². The molecule has 0 aromatic carbocycles. The molecule has 2 aromatic heterocycles. The minimum atomic E-state index is -1.16. The molecule has 1 amide bonds. The molecule has 2 N–H and O–H groups in total. The largest absolute Gasteiger partial charge is 0.477 e. The highest BCUT2D eigenvalue weighted by molar-refractivity contribution is 7.09. The molecular weight excluding hydrogens is 290 g/mol. The third-order valence-corrected chi connectivity index (χ3v) is 4.28. The summed E-state index contributed by atoms with van der Waals surface area (Å²) in [7, 11) is 0. The van der Waals surface area contributed by atoms with Crippen LogP contribution in [-0.4, -0.2) is 27.0 Å². The molecule has 0 radical (unpaired) electrons. The summed E-state index contributed by atoms with van der Waals surface area (Å²) < 4.78 is 0. The van der Waals surface area contributed by atoms with Gasteiger partial charge in [-0.2, -0.15) is 0 Å². The first-order valence-corrected chi connectivity index (χ1v) is 7.26. The van der Waals surface area contributed by atoms with Crippen molar-refractivity contribution in [1.29, 1.82) is 0 Å². The van der Waals surface area contributed by atoms with E-state index in [1.54, 1.807) is 6.20 Å². The fourth-order valence-corrected chi connectivity index (χ4v) is 2.63. The minimum absolute atomic E-state index is 0.157. The number of hydrogen-bond donors (Lipinski definition) is 2. The molecule has 0 saturated heterocycles. The number of carboxylic acids is 1. The first-order valence-electron chi connectivity index (χ1n) is 6.38. The number of pyridine rings is 1. The Morgan fingerprint density at radius 2 is 2.14 bits per heavy atom. The molecule has 0 saturated carbocycles. The summed E-state index contributed by atoms with van der Waals surface area (Å²) in [4.78, 5) is 31.2. The van der Waals surface area contributed by atoms with Gasteiger partial charge in [0.25, 0.3) is 5.91 Å². The van der Waals surface area contributed by atoms with Crippen LogP contribution in [0.15, 0.2) is 29.9 Å². The Labute approximate surface area is 125 Å². The summed E-state index contributed by atoms with van der Waals surface area (Å²) in [5.74, 6) is -1.51. The third kappa shape index (κ3) is 3.25. The Bertz CT molecular complexity index is 657. The van der Waals surface area contributed by atoms with Gasteiger partial charge in [-0.3, -0.25) is 4.79 Å². The van der Waals surface area contributed by atoms with E-state index >= 15 is 0 Å². The summed E-state index contributed by atoms with van der Waals surface area (Å²) in [5, 5.41) is 14.5. The molecule has 0 spiro atoms. The van der Waals surface area contributed by atoms with E-state index in [9.17, 15) is 9.59 Å².